The summed E-state index contributed by atoms with van der Waals surface area (Å²) in [5.41, 5.74) is 0. The fraction of sp³-hybridized carbons (Fsp3) is 0.857. The van der Waals surface area contributed by atoms with Crippen molar-refractivity contribution >= 4 is 6.29 Å². The van der Waals surface area contributed by atoms with E-state index in [2.05, 4.69) is 0 Å². The molecule has 1 rings (SSSR count). The van der Waals surface area contributed by atoms with Crippen LogP contribution in [-0.2, 0) is 9.53 Å². The van der Waals surface area contributed by atoms with Crippen molar-refractivity contribution in [2.75, 3.05) is 13.2 Å². The first kappa shape index (κ1) is 8.63. The van der Waals surface area contributed by atoms with Crippen molar-refractivity contribution in [1.29, 1.82) is 0 Å². The number of hydrogen-bond acceptors (Lipinski definition) is 2. The summed E-state index contributed by atoms with van der Waals surface area (Å²) in [6, 6.07) is 0. The van der Waals surface area contributed by atoms with Crippen molar-refractivity contribution in [2.45, 2.75) is 26.2 Å². The Balaban J connectivity index is 0.000000144. The third kappa shape index (κ3) is 7.63. The Morgan fingerprint density at radius 2 is 2.00 bits per heavy atom. The number of aldehydes is 1. The van der Waals surface area contributed by atoms with Crippen LogP contribution in [0.15, 0.2) is 0 Å². The number of unbranched alkanes of at least 4 members (excludes halogenated alkanes) is 1. The average Bonchev–Trinajstić information content (AvgIpc) is 1.63. The lowest BCUT2D eigenvalue weighted by molar-refractivity contribution is -0.107. The maximum absolute atomic E-state index is 9.40. The Kier molecular flexibility index (Phi) is 7.32. The summed E-state index contributed by atoms with van der Waals surface area (Å²) in [4.78, 5) is 9.40. The number of carbonyl (C=O) groups is 1. The molecular formula is C7H14O2. The molecule has 0 bridgehead atoms. The van der Waals surface area contributed by atoms with Crippen LogP contribution in [0.1, 0.15) is 26.2 Å². The van der Waals surface area contributed by atoms with Crippen molar-refractivity contribution < 1.29 is 9.53 Å². The lowest BCUT2D eigenvalue weighted by atomic mass is 10.4. The van der Waals surface area contributed by atoms with Gasteiger partial charge in [0, 0.05) is 19.6 Å². The molecule has 1 fully saturated rings. The van der Waals surface area contributed by atoms with Crippen LogP contribution in [0.3, 0.4) is 0 Å². The third-order valence-corrected chi connectivity index (χ3v) is 0.984. The molecule has 0 radical (unpaired) electrons. The van der Waals surface area contributed by atoms with E-state index in [-0.39, 0.29) is 0 Å². The first-order chi connectivity index (χ1) is 4.41. The largest absolute Gasteiger partial charge is 0.381 e. The Labute approximate surface area is 56.2 Å². The van der Waals surface area contributed by atoms with Crippen LogP contribution in [0.25, 0.3) is 0 Å². The Morgan fingerprint density at radius 1 is 1.56 bits per heavy atom. The molecule has 0 atom stereocenters. The molecule has 0 spiro atoms. The number of carbonyl (C=O) groups excluding carboxylic acids is 1. The van der Waals surface area contributed by atoms with Gasteiger partial charge in [0.1, 0.15) is 6.29 Å². The zero-order valence-electron chi connectivity index (χ0n) is 5.93. The minimum Gasteiger partial charge on any atom is -0.381 e. The summed E-state index contributed by atoms with van der Waals surface area (Å²) in [6.07, 6.45) is 3.89. The van der Waals surface area contributed by atoms with Crippen molar-refractivity contribution in [3.8, 4) is 0 Å². The van der Waals surface area contributed by atoms with E-state index in [4.69, 9.17) is 4.74 Å². The second kappa shape index (κ2) is 7.63. The topological polar surface area (TPSA) is 26.3 Å². The molecule has 54 valence electrons. The van der Waals surface area contributed by atoms with Gasteiger partial charge in [0.25, 0.3) is 0 Å². The normalized spacial score (nSPS) is 14.8. The van der Waals surface area contributed by atoms with Crippen molar-refractivity contribution in [3.05, 3.63) is 0 Å². The highest BCUT2D eigenvalue weighted by atomic mass is 16.5. The van der Waals surface area contributed by atoms with Crippen LogP contribution in [0.5, 0.6) is 0 Å². The van der Waals surface area contributed by atoms with Gasteiger partial charge in [0.2, 0.25) is 0 Å². The maximum Gasteiger partial charge on any atom is 0.119 e. The molecule has 1 aliphatic rings. The SMILES string of the molecule is C1COC1.CCCC=O. The van der Waals surface area contributed by atoms with E-state index < -0.39 is 0 Å². The quantitative estimate of drug-likeness (QED) is 0.528. The monoisotopic (exact) mass is 130 g/mol. The zero-order chi connectivity index (χ0) is 6.95. The molecule has 1 heterocycles. The molecule has 0 saturated carbocycles. The van der Waals surface area contributed by atoms with Crippen molar-refractivity contribution in [3.63, 3.8) is 0 Å². The molecule has 9 heavy (non-hydrogen) atoms. The Bertz CT molecular complexity index is 53.9. The van der Waals surface area contributed by atoms with Gasteiger partial charge in [-0.2, -0.15) is 0 Å². The van der Waals surface area contributed by atoms with E-state index >= 15 is 0 Å². The maximum atomic E-state index is 9.40. The summed E-state index contributed by atoms with van der Waals surface area (Å²) in [7, 11) is 0. The molecule has 0 N–H and O–H groups in total. The highest BCUT2D eigenvalue weighted by Crippen LogP contribution is 1.93. The van der Waals surface area contributed by atoms with E-state index in [0.29, 0.717) is 6.42 Å². The molecule has 0 unspecified atom stereocenters. The van der Waals surface area contributed by atoms with Gasteiger partial charge in [0.15, 0.2) is 0 Å². The van der Waals surface area contributed by atoms with Gasteiger partial charge in [-0.1, -0.05) is 6.92 Å². The van der Waals surface area contributed by atoms with Crippen LogP contribution < -0.4 is 0 Å². The van der Waals surface area contributed by atoms with Gasteiger partial charge >= 0.3 is 0 Å². The lowest BCUT2D eigenvalue weighted by Gasteiger charge is -2.09. The summed E-state index contributed by atoms with van der Waals surface area (Å²) in [6.45, 7) is 3.98. The first-order valence-electron chi connectivity index (χ1n) is 3.43. The molecule has 1 aliphatic heterocycles. The highest BCUT2D eigenvalue weighted by Gasteiger charge is 1.94. The van der Waals surface area contributed by atoms with Gasteiger partial charge in [-0.15, -0.1) is 0 Å². The highest BCUT2D eigenvalue weighted by molar-refractivity contribution is 5.48. The van der Waals surface area contributed by atoms with Crippen LogP contribution in [0.4, 0.5) is 0 Å². The standard InChI is InChI=1S/C4H8O.C3H6O/c1-2-3-4-5;1-2-4-3-1/h4H,2-3H2,1H3;1-3H2. The van der Waals surface area contributed by atoms with Crippen molar-refractivity contribution in [1.82, 2.24) is 0 Å². The van der Waals surface area contributed by atoms with Crippen LogP contribution >= 0.6 is 0 Å². The van der Waals surface area contributed by atoms with Gasteiger partial charge in [-0.05, 0) is 12.8 Å². The lowest BCUT2D eigenvalue weighted by Crippen LogP contribution is -2.09. The molecule has 0 aromatic rings. The second-order valence-corrected chi connectivity index (χ2v) is 1.92. The van der Waals surface area contributed by atoms with Gasteiger partial charge in [-0.3, -0.25) is 0 Å². The molecule has 0 aromatic carbocycles. The van der Waals surface area contributed by atoms with Gasteiger partial charge in [-0.25, -0.2) is 0 Å². The molecular weight excluding hydrogens is 116 g/mol. The Morgan fingerprint density at radius 3 is 2.00 bits per heavy atom. The van der Waals surface area contributed by atoms with E-state index in [1.807, 2.05) is 6.92 Å². The average molecular weight is 130 g/mol. The van der Waals surface area contributed by atoms with E-state index in [0.717, 1.165) is 25.9 Å². The molecule has 1 saturated heterocycles. The van der Waals surface area contributed by atoms with Gasteiger partial charge < -0.3 is 9.53 Å². The van der Waals surface area contributed by atoms with Crippen LogP contribution in [0, 0.1) is 0 Å². The molecule has 0 amide bonds. The summed E-state index contributed by atoms with van der Waals surface area (Å²) < 4.78 is 4.72. The predicted octanol–water partition coefficient (Wildman–Crippen LogP) is 1.39. The number of rotatable bonds is 2. The predicted molar refractivity (Wildman–Crippen MR) is 36.4 cm³/mol. The molecule has 2 heteroatoms. The smallest absolute Gasteiger partial charge is 0.119 e. The second-order valence-electron chi connectivity index (χ2n) is 1.92. The number of hydrogen-bond donors (Lipinski definition) is 0. The zero-order valence-corrected chi connectivity index (χ0v) is 5.93. The third-order valence-electron chi connectivity index (χ3n) is 0.984. The Hall–Kier alpha value is -0.370. The van der Waals surface area contributed by atoms with Crippen LogP contribution in [-0.4, -0.2) is 19.5 Å². The molecule has 0 aromatic heterocycles. The minimum absolute atomic E-state index is 0.708. The summed E-state index contributed by atoms with van der Waals surface area (Å²) in [5, 5.41) is 0. The summed E-state index contributed by atoms with van der Waals surface area (Å²) in [5.74, 6) is 0. The fourth-order valence-electron chi connectivity index (χ4n) is 0.262. The fourth-order valence-corrected chi connectivity index (χ4v) is 0.262. The van der Waals surface area contributed by atoms with Crippen LogP contribution in [0.2, 0.25) is 0 Å². The van der Waals surface area contributed by atoms with Gasteiger partial charge in [0.05, 0.1) is 0 Å². The molecule has 2 nitrogen and oxygen atoms in total. The minimum atomic E-state index is 0.708. The van der Waals surface area contributed by atoms with E-state index in [1.165, 1.54) is 6.42 Å². The van der Waals surface area contributed by atoms with E-state index in [9.17, 15) is 4.79 Å². The van der Waals surface area contributed by atoms with Crippen molar-refractivity contribution in [2.24, 2.45) is 0 Å². The first-order valence-corrected chi connectivity index (χ1v) is 3.43. The molecule has 0 aliphatic carbocycles. The van der Waals surface area contributed by atoms with E-state index in [1.54, 1.807) is 0 Å². The summed E-state index contributed by atoms with van der Waals surface area (Å²) >= 11 is 0. The number of ether oxygens (including phenoxy) is 1.